The molecule has 2 aromatic carbocycles. The summed E-state index contributed by atoms with van der Waals surface area (Å²) >= 11 is 6.03. The number of aliphatic hydroxyl groups excluding tert-OH is 1. The van der Waals surface area contributed by atoms with Crippen molar-refractivity contribution in [2.45, 2.75) is 25.2 Å². The molecule has 1 heterocycles. The molecule has 120 valence electrons. The third-order valence-corrected chi connectivity index (χ3v) is 4.19. The van der Waals surface area contributed by atoms with Crippen LogP contribution in [0.4, 0.5) is 4.79 Å². The van der Waals surface area contributed by atoms with E-state index < -0.39 is 12.2 Å². The molecule has 0 spiro atoms. The number of nitrogens with zero attached hydrogens (tertiary/aromatic N) is 1. The summed E-state index contributed by atoms with van der Waals surface area (Å²) in [6, 6.07) is 16.7. The molecule has 0 aliphatic carbocycles. The fraction of sp³-hybridized carbons (Fsp3) is 0.278. The van der Waals surface area contributed by atoms with Gasteiger partial charge in [0, 0.05) is 5.02 Å². The van der Waals surface area contributed by atoms with E-state index in [1.165, 1.54) is 0 Å². The lowest BCUT2D eigenvalue weighted by atomic mass is 10.0. The fourth-order valence-corrected chi connectivity index (χ4v) is 3.05. The number of benzene rings is 2. The first-order chi connectivity index (χ1) is 11.1. The molecule has 4 nitrogen and oxygen atoms in total. The molecule has 3 rings (SSSR count). The number of ether oxygens (including phenoxy) is 1. The number of carbonyl (C=O) groups excluding carboxylic acids is 1. The van der Waals surface area contributed by atoms with Gasteiger partial charge in [-0.15, -0.1) is 0 Å². The molecule has 1 N–H and O–H groups in total. The molecule has 1 aliphatic heterocycles. The van der Waals surface area contributed by atoms with Crippen molar-refractivity contribution in [2.75, 3.05) is 6.54 Å². The standard InChI is InChI=1S/C18H18ClNO3/c19-15-8-4-7-14(9-15)17-10-16(21)11-20(17)18(22)23-12-13-5-2-1-3-6-13/h1-9,16-17,21H,10-12H2/t16-,17?/m1/s1. The third-order valence-electron chi connectivity index (χ3n) is 3.95. The minimum absolute atomic E-state index is 0.216. The summed E-state index contributed by atoms with van der Waals surface area (Å²) < 4.78 is 5.39. The second-order valence-corrected chi connectivity index (χ2v) is 6.09. The Morgan fingerprint density at radius 3 is 2.74 bits per heavy atom. The van der Waals surface area contributed by atoms with Gasteiger partial charge in [0.05, 0.1) is 18.7 Å². The van der Waals surface area contributed by atoms with Crippen LogP contribution in [0.5, 0.6) is 0 Å². The monoisotopic (exact) mass is 331 g/mol. The van der Waals surface area contributed by atoms with Crippen LogP contribution in [-0.4, -0.2) is 28.7 Å². The number of rotatable bonds is 3. The second kappa shape index (κ2) is 7.02. The highest BCUT2D eigenvalue weighted by Gasteiger charge is 2.36. The Labute approximate surface area is 140 Å². The van der Waals surface area contributed by atoms with Gasteiger partial charge in [-0.25, -0.2) is 4.79 Å². The van der Waals surface area contributed by atoms with Crippen LogP contribution >= 0.6 is 11.6 Å². The van der Waals surface area contributed by atoms with Gasteiger partial charge in [-0.3, -0.25) is 4.90 Å². The number of hydrogen-bond donors (Lipinski definition) is 1. The van der Waals surface area contributed by atoms with Gasteiger partial charge in [0.1, 0.15) is 6.61 Å². The van der Waals surface area contributed by atoms with Crippen LogP contribution < -0.4 is 0 Å². The average molecular weight is 332 g/mol. The number of halogens is 1. The van der Waals surface area contributed by atoms with Crippen LogP contribution in [0.2, 0.25) is 5.02 Å². The molecule has 5 heteroatoms. The molecule has 1 aliphatic rings. The van der Waals surface area contributed by atoms with Crippen LogP contribution in [0.1, 0.15) is 23.6 Å². The maximum Gasteiger partial charge on any atom is 0.410 e. The fourth-order valence-electron chi connectivity index (χ4n) is 2.85. The zero-order valence-electron chi connectivity index (χ0n) is 12.6. The van der Waals surface area contributed by atoms with Gasteiger partial charge < -0.3 is 9.84 Å². The van der Waals surface area contributed by atoms with Crippen LogP contribution in [0.25, 0.3) is 0 Å². The molecule has 1 amide bonds. The van der Waals surface area contributed by atoms with E-state index in [-0.39, 0.29) is 19.2 Å². The van der Waals surface area contributed by atoms with Crippen molar-refractivity contribution < 1.29 is 14.6 Å². The topological polar surface area (TPSA) is 49.8 Å². The lowest BCUT2D eigenvalue weighted by molar-refractivity contribution is 0.0876. The normalized spacial score (nSPS) is 20.5. The van der Waals surface area contributed by atoms with E-state index in [1.54, 1.807) is 11.0 Å². The Hall–Kier alpha value is -2.04. The molecule has 1 fully saturated rings. The number of β-amino-alcohol motifs (C(OH)–C–C–N with tert-alkyl or cyclic N) is 1. The highest BCUT2D eigenvalue weighted by atomic mass is 35.5. The smallest absolute Gasteiger partial charge is 0.410 e. The summed E-state index contributed by atoms with van der Waals surface area (Å²) in [6.45, 7) is 0.485. The lowest BCUT2D eigenvalue weighted by Gasteiger charge is -2.24. The molecule has 0 saturated carbocycles. The quantitative estimate of drug-likeness (QED) is 0.931. The van der Waals surface area contributed by atoms with Gasteiger partial charge in [-0.2, -0.15) is 0 Å². The SMILES string of the molecule is O=C(OCc1ccccc1)N1C[C@H](O)CC1c1cccc(Cl)c1. The summed E-state index contributed by atoms with van der Waals surface area (Å²) in [7, 11) is 0. The average Bonchev–Trinajstić information content (AvgIpc) is 2.96. The lowest BCUT2D eigenvalue weighted by Crippen LogP contribution is -2.32. The van der Waals surface area contributed by atoms with Crippen molar-refractivity contribution in [1.29, 1.82) is 0 Å². The molecule has 2 atom stereocenters. The molecular formula is C18H18ClNO3. The van der Waals surface area contributed by atoms with E-state index in [4.69, 9.17) is 16.3 Å². The van der Waals surface area contributed by atoms with E-state index >= 15 is 0 Å². The van der Waals surface area contributed by atoms with Crippen LogP contribution in [0.3, 0.4) is 0 Å². The number of aliphatic hydroxyl groups is 1. The Morgan fingerprint density at radius 1 is 1.22 bits per heavy atom. The van der Waals surface area contributed by atoms with Crippen LogP contribution in [0.15, 0.2) is 54.6 Å². The summed E-state index contributed by atoms with van der Waals surface area (Å²) in [6.07, 6.45) is -0.487. The van der Waals surface area contributed by atoms with Gasteiger partial charge >= 0.3 is 6.09 Å². The third kappa shape index (κ3) is 3.84. The molecule has 1 unspecified atom stereocenters. The number of amides is 1. The van der Waals surface area contributed by atoms with Gasteiger partial charge in [0.25, 0.3) is 0 Å². The Bertz CT molecular complexity index is 677. The van der Waals surface area contributed by atoms with E-state index in [0.717, 1.165) is 11.1 Å². The van der Waals surface area contributed by atoms with Crippen molar-refractivity contribution >= 4 is 17.7 Å². The van der Waals surface area contributed by atoms with Gasteiger partial charge in [0.15, 0.2) is 0 Å². The van der Waals surface area contributed by atoms with Gasteiger partial charge in [-0.05, 0) is 29.7 Å². The Kier molecular flexibility index (Phi) is 4.84. The minimum Gasteiger partial charge on any atom is -0.445 e. The zero-order chi connectivity index (χ0) is 16.2. The molecule has 0 aromatic heterocycles. The van der Waals surface area contributed by atoms with E-state index in [2.05, 4.69) is 0 Å². The first kappa shape index (κ1) is 15.8. The van der Waals surface area contributed by atoms with E-state index in [9.17, 15) is 9.90 Å². The van der Waals surface area contributed by atoms with Crippen molar-refractivity contribution in [3.63, 3.8) is 0 Å². The highest BCUT2D eigenvalue weighted by Crippen LogP contribution is 2.33. The molecule has 23 heavy (non-hydrogen) atoms. The maximum atomic E-state index is 12.4. The highest BCUT2D eigenvalue weighted by molar-refractivity contribution is 6.30. The van der Waals surface area contributed by atoms with Crippen molar-refractivity contribution in [1.82, 2.24) is 4.90 Å². The number of hydrogen-bond acceptors (Lipinski definition) is 3. The largest absolute Gasteiger partial charge is 0.445 e. The number of carbonyl (C=O) groups is 1. The summed E-state index contributed by atoms with van der Waals surface area (Å²) in [5.74, 6) is 0. The first-order valence-corrected chi connectivity index (χ1v) is 7.92. The van der Waals surface area contributed by atoms with Crippen LogP contribution in [0, 0.1) is 0 Å². The number of likely N-dealkylation sites (tertiary alicyclic amines) is 1. The second-order valence-electron chi connectivity index (χ2n) is 5.65. The van der Waals surface area contributed by atoms with Crippen LogP contribution in [-0.2, 0) is 11.3 Å². The Balaban J connectivity index is 1.70. The first-order valence-electron chi connectivity index (χ1n) is 7.54. The van der Waals surface area contributed by atoms with Gasteiger partial charge in [-0.1, -0.05) is 54.1 Å². The van der Waals surface area contributed by atoms with Gasteiger partial charge in [0.2, 0.25) is 0 Å². The maximum absolute atomic E-state index is 12.4. The minimum atomic E-state index is -0.553. The predicted octanol–water partition coefficient (Wildman–Crippen LogP) is 3.78. The summed E-state index contributed by atoms with van der Waals surface area (Å²) in [5.41, 5.74) is 1.84. The van der Waals surface area contributed by atoms with E-state index in [0.29, 0.717) is 11.4 Å². The predicted molar refractivity (Wildman–Crippen MR) is 88.1 cm³/mol. The summed E-state index contributed by atoms with van der Waals surface area (Å²) in [4.78, 5) is 14.0. The molecule has 0 radical (unpaired) electrons. The molecule has 2 aromatic rings. The summed E-state index contributed by atoms with van der Waals surface area (Å²) in [5, 5.41) is 10.6. The zero-order valence-corrected chi connectivity index (χ0v) is 13.3. The van der Waals surface area contributed by atoms with Crippen molar-refractivity contribution in [3.05, 3.63) is 70.7 Å². The van der Waals surface area contributed by atoms with Crippen molar-refractivity contribution in [3.8, 4) is 0 Å². The van der Waals surface area contributed by atoms with E-state index in [1.807, 2.05) is 48.5 Å². The molecular weight excluding hydrogens is 314 g/mol. The Morgan fingerprint density at radius 2 is 2.00 bits per heavy atom. The molecule has 0 bridgehead atoms. The molecule has 1 saturated heterocycles. The van der Waals surface area contributed by atoms with Crippen molar-refractivity contribution in [2.24, 2.45) is 0 Å².